The zero-order chi connectivity index (χ0) is 18.6. The Morgan fingerprint density at radius 3 is 1.00 bits per heavy atom. The van der Waals surface area contributed by atoms with Crippen molar-refractivity contribution in [3.05, 3.63) is 0 Å². The van der Waals surface area contributed by atoms with Gasteiger partial charge in [-0.15, -0.1) is 0 Å². The van der Waals surface area contributed by atoms with Crippen LogP contribution in [-0.2, 0) is 9.47 Å². The summed E-state index contributed by atoms with van der Waals surface area (Å²) >= 11 is 0. The molecule has 0 amide bonds. The second-order valence-electron chi connectivity index (χ2n) is 5.44. The lowest BCUT2D eigenvalue weighted by Gasteiger charge is -2.37. The van der Waals surface area contributed by atoms with E-state index in [4.69, 9.17) is 51.1 Å². The van der Waals surface area contributed by atoms with E-state index < -0.39 is 74.6 Å². The summed E-state index contributed by atoms with van der Waals surface area (Å²) in [5, 5.41) is 89.3. The lowest BCUT2D eigenvalue weighted by atomic mass is 10.00. The highest BCUT2D eigenvalue weighted by Crippen LogP contribution is 2.19. The third-order valence-corrected chi connectivity index (χ3v) is 3.73. The van der Waals surface area contributed by atoms with Gasteiger partial charge in [-0.2, -0.15) is 0 Å². The molecule has 2 aliphatic heterocycles. The molecule has 144 valence electrons. The molecule has 12 nitrogen and oxygen atoms in total. The van der Waals surface area contributed by atoms with Gasteiger partial charge in [0, 0.05) is 0 Å². The zero-order valence-electron chi connectivity index (χ0n) is 12.5. The number of hydrogen-bond donors (Lipinski definition) is 10. The van der Waals surface area contributed by atoms with Crippen LogP contribution in [-0.4, -0.2) is 126 Å². The molecule has 12 heteroatoms. The maximum Gasteiger partial charge on any atom is 0.184 e. The maximum absolute atomic E-state index is 9.12. The highest BCUT2D eigenvalue weighted by molar-refractivity contribution is 4.88. The first-order valence-electron chi connectivity index (χ1n) is 7.12. The number of aliphatic hydroxyl groups is 10. The molecular weight excluding hydrogens is 336 g/mol. The van der Waals surface area contributed by atoms with Crippen molar-refractivity contribution >= 4 is 0 Å². The summed E-state index contributed by atoms with van der Waals surface area (Å²) < 4.78 is 9.15. The van der Waals surface area contributed by atoms with Crippen molar-refractivity contribution in [3.63, 3.8) is 0 Å². The molecule has 2 aliphatic rings. The van der Waals surface area contributed by atoms with Gasteiger partial charge in [-0.3, -0.25) is 0 Å². The predicted octanol–water partition coefficient (Wildman–Crippen LogP) is -6.44. The largest absolute Gasteiger partial charge is 0.394 e. The molecular formula is C12H24O12. The van der Waals surface area contributed by atoms with Crippen molar-refractivity contribution in [3.8, 4) is 0 Å². The zero-order valence-corrected chi connectivity index (χ0v) is 12.5. The average molecular weight is 360 g/mol. The molecule has 2 fully saturated rings. The predicted molar refractivity (Wildman–Crippen MR) is 72.0 cm³/mol. The third-order valence-electron chi connectivity index (χ3n) is 3.73. The highest BCUT2D eigenvalue weighted by Gasteiger charge is 2.43. The minimum Gasteiger partial charge on any atom is -0.394 e. The number of rotatable bonds is 2. The summed E-state index contributed by atoms with van der Waals surface area (Å²) in [5.74, 6) is 0. The first kappa shape index (κ1) is 21.6. The van der Waals surface area contributed by atoms with E-state index in [0.29, 0.717) is 0 Å². The normalized spacial score (nSPS) is 49.2. The highest BCUT2D eigenvalue weighted by atomic mass is 16.6. The van der Waals surface area contributed by atoms with E-state index in [1.54, 1.807) is 0 Å². The van der Waals surface area contributed by atoms with Gasteiger partial charge in [0.25, 0.3) is 0 Å². The Hall–Kier alpha value is -0.480. The minimum atomic E-state index is -1.57. The van der Waals surface area contributed by atoms with E-state index >= 15 is 0 Å². The third kappa shape index (κ3) is 4.78. The van der Waals surface area contributed by atoms with E-state index in [1.807, 2.05) is 0 Å². The first-order valence-corrected chi connectivity index (χ1v) is 7.12. The van der Waals surface area contributed by atoms with Gasteiger partial charge in [-0.05, 0) is 0 Å². The van der Waals surface area contributed by atoms with E-state index in [0.717, 1.165) is 0 Å². The van der Waals surface area contributed by atoms with E-state index in [-0.39, 0.29) is 0 Å². The summed E-state index contributed by atoms with van der Waals surface area (Å²) in [6.45, 7) is -1.05. The van der Waals surface area contributed by atoms with Crippen molar-refractivity contribution < 1.29 is 60.5 Å². The summed E-state index contributed by atoms with van der Waals surface area (Å²) in [7, 11) is 0. The summed E-state index contributed by atoms with van der Waals surface area (Å²) in [6, 6.07) is 0. The SMILES string of the molecule is OC[C@H]1O[C@@H](O)[C@H](O)[C@@H](O)[C@H]1O.OC[C@H]1O[C@@H](O)[C@H](O)[C@@H](O)[C@H]1O. The molecule has 10 N–H and O–H groups in total. The Kier molecular flexibility index (Phi) is 8.34. The molecule has 10 atom stereocenters. The van der Waals surface area contributed by atoms with Crippen LogP contribution in [0.5, 0.6) is 0 Å². The Labute approximate surface area is 136 Å². The van der Waals surface area contributed by atoms with Crippen LogP contribution >= 0.6 is 0 Å². The van der Waals surface area contributed by atoms with E-state index in [1.165, 1.54) is 0 Å². The van der Waals surface area contributed by atoms with E-state index in [9.17, 15) is 0 Å². The molecule has 2 saturated heterocycles. The van der Waals surface area contributed by atoms with Gasteiger partial charge >= 0.3 is 0 Å². The van der Waals surface area contributed by atoms with Crippen molar-refractivity contribution in [1.82, 2.24) is 0 Å². The smallest absolute Gasteiger partial charge is 0.184 e. The Bertz CT molecular complexity index is 326. The van der Waals surface area contributed by atoms with Crippen molar-refractivity contribution in [2.24, 2.45) is 0 Å². The monoisotopic (exact) mass is 360 g/mol. The molecule has 0 saturated carbocycles. The van der Waals surface area contributed by atoms with Crippen molar-refractivity contribution in [1.29, 1.82) is 0 Å². The van der Waals surface area contributed by atoms with Gasteiger partial charge in [0.05, 0.1) is 13.2 Å². The van der Waals surface area contributed by atoms with Gasteiger partial charge in [0.15, 0.2) is 12.6 Å². The lowest BCUT2D eigenvalue weighted by Crippen LogP contribution is -2.58. The van der Waals surface area contributed by atoms with Crippen molar-refractivity contribution in [2.45, 2.75) is 61.4 Å². The van der Waals surface area contributed by atoms with Crippen molar-refractivity contribution in [2.75, 3.05) is 13.2 Å². The quantitative estimate of drug-likeness (QED) is 0.222. The van der Waals surface area contributed by atoms with Crippen LogP contribution in [0.15, 0.2) is 0 Å². The van der Waals surface area contributed by atoms with Crippen LogP contribution in [0.4, 0.5) is 0 Å². The molecule has 2 heterocycles. The molecule has 2 rings (SSSR count). The molecule has 0 spiro atoms. The average Bonchev–Trinajstić information content (AvgIpc) is 2.58. The van der Waals surface area contributed by atoms with Gasteiger partial charge in [0.1, 0.15) is 48.8 Å². The van der Waals surface area contributed by atoms with Crippen LogP contribution in [0, 0.1) is 0 Å². The van der Waals surface area contributed by atoms with E-state index in [2.05, 4.69) is 9.47 Å². The van der Waals surface area contributed by atoms with Gasteiger partial charge in [0.2, 0.25) is 0 Å². The molecule has 0 aromatic rings. The van der Waals surface area contributed by atoms with Crippen LogP contribution < -0.4 is 0 Å². The topological polar surface area (TPSA) is 221 Å². The fourth-order valence-corrected chi connectivity index (χ4v) is 2.16. The standard InChI is InChI=1S/2C6H12O6/c2*7-1-2-3(8)4(9)5(10)6(11)12-2/h2*2-11H,1H2/t2*2-,3+,4+,5-,6-/m11/s1. The second kappa shape index (κ2) is 9.28. The summed E-state index contributed by atoms with van der Waals surface area (Å²) in [6.07, 6.45) is -14.1. The fraction of sp³-hybridized carbons (Fsp3) is 1.00. The van der Waals surface area contributed by atoms with Gasteiger partial charge in [-0.25, -0.2) is 0 Å². The van der Waals surface area contributed by atoms with Gasteiger partial charge in [-0.1, -0.05) is 0 Å². The number of ether oxygens (including phenoxy) is 2. The number of hydrogen-bond acceptors (Lipinski definition) is 12. The molecule has 24 heavy (non-hydrogen) atoms. The second-order valence-corrected chi connectivity index (χ2v) is 5.44. The molecule has 0 unspecified atom stereocenters. The molecule has 0 aromatic carbocycles. The van der Waals surface area contributed by atoms with Crippen LogP contribution in [0.2, 0.25) is 0 Å². The maximum atomic E-state index is 9.12. The molecule has 0 aromatic heterocycles. The molecule has 0 radical (unpaired) electrons. The number of aliphatic hydroxyl groups excluding tert-OH is 10. The Morgan fingerprint density at radius 2 is 0.750 bits per heavy atom. The fourth-order valence-electron chi connectivity index (χ4n) is 2.16. The summed E-state index contributed by atoms with van der Waals surface area (Å²) in [5.41, 5.74) is 0. The summed E-state index contributed by atoms with van der Waals surface area (Å²) in [4.78, 5) is 0. The Morgan fingerprint density at radius 1 is 0.458 bits per heavy atom. The molecule has 0 aliphatic carbocycles. The minimum absolute atomic E-state index is 0.526. The Balaban J connectivity index is 0.000000240. The van der Waals surface area contributed by atoms with Crippen LogP contribution in [0.25, 0.3) is 0 Å². The van der Waals surface area contributed by atoms with Crippen LogP contribution in [0.1, 0.15) is 0 Å². The first-order chi connectivity index (χ1) is 11.1. The van der Waals surface area contributed by atoms with Gasteiger partial charge < -0.3 is 60.5 Å². The molecule has 0 bridgehead atoms. The lowest BCUT2D eigenvalue weighted by molar-refractivity contribution is -0.286. The van der Waals surface area contributed by atoms with Crippen LogP contribution in [0.3, 0.4) is 0 Å².